The minimum absolute atomic E-state index is 0.349. The molecule has 0 bridgehead atoms. The van der Waals surface area contributed by atoms with Crippen molar-refractivity contribution in [1.29, 1.82) is 0 Å². The molecular formula is C14H28N2O2. The van der Waals surface area contributed by atoms with Crippen LogP contribution in [0.5, 0.6) is 0 Å². The molecule has 106 valence electrons. The first-order chi connectivity index (χ1) is 8.57. The summed E-state index contributed by atoms with van der Waals surface area (Å²) in [7, 11) is 0. The van der Waals surface area contributed by atoms with Gasteiger partial charge in [0.15, 0.2) is 0 Å². The molecular weight excluding hydrogens is 228 g/mol. The van der Waals surface area contributed by atoms with Gasteiger partial charge < -0.3 is 9.84 Å². The Hall–Kier alpha value is -0.160. The van der Waals surface area contributed by atoms with E-state index in [-0.39, 0.29) is 0 Å². The highest BCUT2D eigenvalue weighted by Gasteiger charge is 2.35. The van der Waals surface area contributed by atoms with Gasteiger partial charge in [-0.1, -0.05) is 0 Å². The van der Waals surface area contributed by atoms with Gasteiger partial charge in [0.1, 0.15) is 0 Å². The van der Waals surface area contributed by atoms with Crippen LogP contribution in [0.2, 0.25) is 0 Å². The topological polar surface area (TPSA) is 35.9 Å². The largest absolute Gasteiger partial charge is 0.389 e. The number of nitrogens with zero attached hydrogens (tertiary/aromatic N) is 2. The van der Waals surface area contributed by atoms with E-state index in [9.17, 15) is 5.11 Å². The molecule has 0 aromatic heterocycles. The number of likely N-dealkylation sites (tertiary alicyclic amines) is 1. The fourth-order valence-corrected chi connectivity index (χ4v) is 3.22. The number of hydrogen-bond acceptors (Lipinski definition) is 4. The molecule has 2 aliphatic heterocycles. The van der Waals surface area contributed by atoms with Gasteiger partial charge in [-0.05, 0) is 52.7 Å². The van der Waals surface area contributed by atoms with Crippen molar-refractivity contribution in [2.24, 2.45) is 0 Å². The van der Waals surface area contributed by atoms with Gasteiger partial charge in [-0.2, -0.15) is 0 Å². The first-order valence-electron chi connectivity index (χ1n) is 7.34. The SMILES string of the molecule is CC(C)(O)C1CCCN1CCCN1CCOCC1. The molecule has 0 amide bonds. The summed E-state index contributed by atoms with van der Waals surface area (Å²) >= 11 is 0. The van der Waals surface area contributed by atoms with Crippen LogP contribution in [0.3, 0.4) is 0 Å². The molecule has 2 aliphatic rings. The van der Waals surface area contributed by atoms with Gasteiger partial charge in [0.25, 0.3) is 0 Å². The van der Waals surface area contributed by atoms with Crippen molar-refractivity contribution in [3.05, 3.63) is 0 Å². The Kier molecular flexibility index (Phi) is 5.01. The number of hydrogen-bond donors (Lipinski definition) is 1. The van der Waals surface area contributed by atoms with Crippen molar-refractivity contribution < 1.29 is 9.84 Å². The predicted octanol–water partition coefficient (Wildman–Crippen LogP) is 0.944. The van der Waals surface area contributed by atoms with Gasteiger partial charge in [0.2, 0.25) is 0 Å². The first kappa shape index (κ1) is 14.3. The van der Waals surface area contributed by atoms with Gasteiger partial charge in [-0.25, -0.2) is 0 Å². The van der Waals surface area contributed by atoms with E-state index in [1.165, 1.54) is 19.4 Å². The van der Waals surface area contributed by atoms with Crippen LogP contribution in [-0.2, 0) is 4.74 Å². The number of ether oxygens (including phenoxy) is 1. The maximum Gasteiger partial charge on any atom is 0.0746 e. The van der Waals surface area contributed by atoms with Crippen LogP contribution >= 0.6 is 0 Å². The summed E-state index contributed by atoms with van der Waals surface area (Å²) in [5.74, 6) is 0. The van der Waals surface area contributed by atoms with Crippen LogP contribution in [0.4, 0.5) is 0 Å². The molecule has 2 saturated heterocycles. The molecule has 0 aliphatic carbocycles. The summed E-state index contributed by atoms with van der Waals surface area (Å²) in [6.45, 7) is 11.2. The molecule has 4 heteroatoms. The van der Waals surface area contributed by atoms with Crippen molar-refractivity contribution in [3.8, 4) is 0 Å². The molecule has 2 fully saturated rings. The molecule has 2 heterocycles. The molecule has 0 radical (unpaired) electrons. The van der Waals surface area contributed by atoms with E-state index >= 15 is 0 Å². The zero-order chi connectivity index (χ0) is 13.0. The summed E-state index contributed by atoms with van der Waals surface area (Å²) in [6, 6.07) is 0.349. The van der Waals surface area contributed by atoms with E-state index < -0.39 is 5.60 Å². The van der Waals surface area contributed by atoms with Crippen LogP contribution in [-0.4, -0.2) is 72.5 Å². The average molecular weight is 256 g/mol. The van der Waals surface area contributed by atoms with Crippen LogP contribution in [0, 0.1) is 0 Å². The fourth-order valence-electron chi connectivity index (χ4n) is 3.22. The quantitative estimate of drug-likeness (QED) is 0.794. The van der Waals surface area contributed by atoms with Crippen LogP contribution < -0.4 is 0 Å². The molecule has 0 aromatic carbocycles. The Morgan fingerprint density at radius 2 is 1.89 bits per heavy atom. The van der Waals surface area contributed by atoms with Crippen LogP contribution in [0.1, 0.15) is 33.1 Å². The van der Waals surface area contributed by atoms with Gasteiger partial charge in [-0.3, -0.25) is 9.80 Å². The van der Waals surface area contributed by atoms with Crippen molar-refractivity contribution in [2.45, 2.75) is 44.8 Å². The van der Waals surface area contributed by atoms with Crippen molar-refractivity contribution in [3.63, 3.8) is 0 Å². The van der Waals surface area contributed by atoms with Crippen LogP contribution in [0.25, 0.3) is 0 Å². The smallest absolute Gasteiger partial charge is 0.0746 e. The maximum atomic E-state index is 10.2. The molecule has 0 saturated carbocycles. The van der Waals surface area contributed by atoms with Gasteiger partial charge in [0.05, 0.1) is 18.8 Å². The Labute approximate surface area is 111 Å². The standard InChI is InChI=1S/C14H28N2O2/c1-14(2,17)13-5-3-7-16(13)8-4-6-15-9-11-18-12-10-15/h13,17H,3-12H2,1-2H3. The normalized spacial score (nSPS) is 27.8. The third-order valence-corrected chi connectivity index (χ3v) is 4.20. The van der Waals surface area contributed by atoms with E-state index in [0.717, 1.165) is 45.8 Å². The monoisotopic (exact) mass is 256 g/mol. The second-order valence-electron chi connectivity index (χ2n) is 6.16. The summed E-state index contributed by atoms with van der Waals surface area (Å²) in [6.07, 6.45) is 3.57. The number of morpholine rings is 1. The van der Waals surface area contributed by atoms with E-state index in [2.05, 4.69) is 9.80 Å². The summed E-state index contributed by atoms with van der Waals surface area (Å²) < 4.78 is 5.36. The van der Waals surface area contributed by atoms with Crippen molar-refractivity contribution in [2.75, 3.05) is 45.9 Å². The minimum Gasteiger partial charge on any atom is -0.389 e. The molecule has 1 N–H and O–H groups in total. The highest BCUT2D eigenvalue weighted by atomic mass is 16.5. The predicted molar refractivity (Wildman–Crippen MR) is 72.8 cm³/mol. The Morgan fingerprint density at radius 1 is 1.17 bits per heavy atom. The summed E-state index contributed by atoms with van der Waals surface area (Å²) in [5, 5.41) is 10.2. The Morgan fingerprint density at radius 3 is 2.56 bits per heavy atom. The first-order valence-corrected chi connectivity index (χ1v) is 7.34. The second kappa shape index (κ2) is 6.33. The molecule has 0 spiro atoms. The minimum atomic E-state index is -0.560. The number of rotatable bonds is 5. The lowest BCUT2D eigenvalue weighted by atomic mass is 9.96. The Balaban J connectivity index is 1.69. The lowest BCUT2D eigenvalue weighted by Crippen LogP contribution is -2.46. The summed E-state index contributed by atoms with van der Waals surface area (Å²) in [5.41, 5.74) is -0.560. The molecule has 1 atom stereocenters. The van der Waals surface area contributed by atoms with E-state index in [4.69, 9.17) is 4.74 Å². The molecule has 1 unspecified atom stereocenters. The highest BCUT2D eigenvalue weighted by molar-refractivity contribution is 4.90. The zero-order valence-corrected chi connectivity index (χ0v) is 11.9. The maximum absolute atomic E-state index is 10.2. The third kappa shape index (κ3) is 3.92. The third-order valence-electron chi connectivity index (χ3n) is 4.20. The average Bonchev–Trinajstić information content (AvgIpc) is 2.78. The van der Waals surface area contributed by atoms with E-state index in [1.807, 2.05) is 13.8 Å². The zero-order valence-electron chi connectivity index (χ0n) is 11.9. The lowest BCUT2D eigenvalue weighted by molar-refractivity contribution is -0.00500. The molecule has 0 aromatic rings. The summed E-state index contributed by atoms with van der Waals surface area (Å²) in [4.78, 5) is 4.96. The Bertz CT molecular complexity index is 247. The lowest BCUT2D eigenvalue weighted by Gasteiger charge is -2.34. The van der Waals surface area contributed by atoms with Gasteiger partial charge in [0, 0.05) is 19.1 Å². The van der Waals surface area contributed by atoms with Crippen LogP contribution in [0.15, 0.2) is 0 Å². The van der Waals surface area contributed by atoms with Gasteiger partial charge >= 0.3 is 0 Å². The van der Waals surface area contributed by atoms with Crippen molar-refractivity contribution in [1.82, 2.24) is 9.80 Å². The van der Waals surface area contributed by atoms with Gasteiger partial charge in [-0.15, -0.1) is 0 Å². The highest BCUT2D eigenvalue weighted by Crippen LogP contribution is 2.26. The molecule has 2 rings (SSSR count). The molecule has 18 heavy (non-hydrogen) atoms. The fraction of sp³-hybridized carbons (Fsp3) is 1.00. The number of aliphatic hydroxyl groups is 1. The second-order valence-corrected chi connectivity index (χ2v) is 6.16. The van der Waals surface area contributed by atoms with E-state index in [1.54, 1.807) is 0 Å². The molecule has 4 nitrogen and oxygen atoms in total. The van der Waals surface area contributed by atoms with E-state index in [0.29, 0.717) is 6.04 Å². The van der Waals surface area contributed by atoms with Crippen molar-refractivity contribution >= 4 is 0 Å².